The predicted octanol–water partition coefficient (Wildman–Crippen LogP) is 2.54. The molecule has 172 valence electrons. The van der Waals surface area contributed by atoms with Gasteiger partial charge >= 0.3 is 0 Å². The molecule has 0 spiro atoms. The molecule has 1 fully saturated rings. The highest BCUT2D eigenvalue weighted by atomic mass is 16.7. The van der Waals surface area contributed by atoms with Crippen molar-refractivity contribution < 1.29 is 19.1 Å². The van der Waals surface area contributed by atoms with E-state index in [1.54, 1.807) is 35.1 Å². The van der Waals surface area contributed by atoms with Crippen LogP contribution in [0.5, 0.6) is 11.5 Å². The normalized spacial score (nSPS) is 15.6. The summed E-state index contributed by atoms with van der Waals surface area (Å²) in [7, 11) is 0. The second kappa shape index (κ2) is 8.61. The zero-order valence-corrected chi connectivity index (χ0v) is 18.7. The van der Waals surface area contributed by atoms with Crippen LogP contribution < -0.4 is 14.8 Å². The van der Waals surface area contributed by atoms with Gasteiger partial charge in [-0.15, -0.1) is 0 Å². The van der Waals surface area contributed by atoms with Gasteiger partial charge in [-0.3, -0.25) is 14.3 Å². The molecule has 10 heteroatoms. The van der Waals surface area contributed by atoms with Gasteiger partial charge in [-0.1, -0.05) is 0 Å². The molecule has 0 saturated carbocycles. The minimum Gasteiger partial charge on any atom is -0.454 e. The molecule has 5 rings (SSSR count). The van der Waals surface area contributed by atoms with E-state index in [-0.39, 0.29) is 31.2 Å². The van der Waals surface area contributed by atoms with Crippen LogP contribution in [0.4, 0.5) is 5.82 Å². The number of benzene rings is 1. The summed E-state index contributed by atoms with van der Waals surface area (Å²) in [5.74, 6) is 1.65. The Kier molecular flexibility index (Phi) is 5.49. The Morgan fingerprint density at radius 3 is 2.64 bits per heavy atom. The molecule has 1 aromatic carbocycles. The monoisotopic (exact) mass is 450 g/mol. The van der Waals surface area contributed by atoms with Crippen LogP contribution >= 0.6 is 0 Å². The highest BCUT2D eigenvalue weighted by Crippen LogP contribution is 2.33. The average Bonchev–Trinajstić information content (AvgIpc) is 3.53. The van der Waals surface area contributed by atoms with Gasteiger partial charge < -0.3 is 19.7 Å². The quantitative estimate of drug-likeness (QED) is 0.641. The van der Waals surface area contributed by atoms with Crippen LogP contribution in [0.2, 0.25) is 0 Å². The molecule has 2 amide bonds. The number of anilines is 1. The lowest BCUT2D eigenvalue weighted by molar-refractivity contribution is -0.133. The molecule has 10 nitrogen and oxygen atoms in total. The molecule has 1 saturated heterocycles. The summed E-state index contributed by atoms with van der Waals surface area (Å²) in [4.78, 5) is 27.4. The van der Waals surface area contributed by atoms with E-state index in [2.05, 4.69) is 15.5 Å². The molecule has 1 N–H and O–H groups in total. The number of nitrogens with zero attached hydrogens (tertiary/aromatic N) is 5. The number of piperidine rings is 1. The van der Waals surface area contributed by atoms with Crippen molar-refractivity contribution in [1.82, 2.24) is 24.5 Å². The largest absolute Gasteiger partial charge is 0.454 e. The van der Waals surface area contributed by atoms with Crippen LogP contribution in [0.3, 0.4) is 0 Å². The number of aryl methyl sites for hydroxylation is 2. The molecular weight excluding hydrogens is 424 g/mol. The molecule has 2 aliphatic rings. The average molecular weight is 450 g/mol. The van der Waals surface area contributed by atoms with Gasteiger partial charge in [0.05, 0.1) is 17.9 Å². The van der Waals surface area contributed by atoms with Crippen LogP contribution in [0.15, 0.2) is 36.5 Å². The summed E-state index contributed by atoms with van der Waals surface area (Å²) < 4.78 is 14.3. The van der Waals surface area contributed by atoms with E-state index in [1.807, 2.05) is 29.5 Å². The summed E-state index contributed by atoms with van der Waals surface area (Å²) in [5.41, 5.74) is 2.37. The number of amides is 2. The van der Waals surface area contributed by atoms with Crippen molar-refractivity contribution in [1.29, 1.82) is 0 Å². The number of hydrogen-bond acceptors (Lipinski definition) is 6. The Labute approximate surface area is 191 Å². The topological polar surface area (TPSA) is 104 Å². The number of hydrogen-bond donors (Lipinski definition) is 1. The Morgan fingerprint density at radius 1 is 1.09 bits per heavy atom. The zero-order chi connectivity index (χ0) is 22.9. The Morgan fingerprint density at radius 2 is 1.88 bits per heavy atom. The number of aromatic nitrogens is 4. The lowest BCUT2D eigenvalue weighted by Gasteiger charge is -2.32. The fourth-order valence-corrected chi connectivity index (χ4v) is 4.35. The van der Waals surface area contributed by atoms with E-state index in [0.717, 1.165) is 24.2 Å². The number of rotatable bonds is 5. The Bertz CT molecular complexity index is 1190. The standard InChI is InChI=1S/C23H26N6O4/c1-15-11-16(2)28(26-15)13-22(30)27-9-6-18(7-10-27)29-21(5-8-24-29)25-23(31)17-3-4-19-20(12-17)33-14-32-19/h3-5,8,11-12,18H,6-7,9-10,13-14H2,1-2H3,(H,25,31). The molecule has 3 aromatic rings. The molecule has 0 bridgehead atoms. The van der Waals surface area contributed by atoms with E-state index in [4.69, 9.17) is 9.47 Å². The second-order valence-electron chi connectivity index (χ2n) is 8.38. The SMILES string of the molecule is Cc1cc(C)n(CC(=O)N2CCC(n3nccc3NC(=O)c3ccc4c(c3)OCO4)CC2)n1. The smallest absolute Gasteiger partial charge is 0.256 e. The molecule has 33 heavy (non-hydrogen) atoms. The van der Waals surface area contributed by atoms with Crippen molar-refractivity contribution >= 4 is 17.6 Å². The lowest BCUT2D eigenvalue weighted by atomic mass is 10.1. The van der Waals surface area contributed by atoms with Crippen molar-refractivity contribution in [2.75, 3.05) is 25.2 Å². The molecule has 0 atom stereocenters. The third kappa shape index (κ3) is 4.28. The van der Waals surface area contributed by atoms with Crippen molar-refractivity contribution in [3.05, 3.63) is 53.5 Å². The van der Waals surface area contributed by atoms with E-state index in [1.165, 1.54) is 0 Å². The van der Waals surface area contributed by atoms with E-state index in [0.29, 0.717) is 36.0 Å². The van der Waals surface area contributed by atoms with Crippen molar-refractivity contribution in [3.63, 3.8) is 0 Å². The van der Waals surface area contributed by atoms with E-state index in [9.17, 15) is 9.59 Å². The summed E-state index contributed by atoms with van der Waals surface area (Å²) in [6, 6.07) is 8.96. The minimum atomic E-state index is -0.243. The van der Waals surface area contributed by atoms with Gasteiger partial charge in [0.1, 0.15) is 12.4 Å². The number of carbonyl (C=O) groups is 2. The van der Waals surface area contributed by atoms with Crippen LogP contribution in [0, 0.1) is 13.8 Å². The highest BCUT2D eigenvalue weighted by molar-refractivity contribution is 6.04. The van der Waals surface area contributed by atoms with Crippen molar-refractivity contribution in [2.45, 2.75) is 39.3 Å². The van der Waals surface area contributed by atoms with Gasteiger partial charge in [0.15, 0.2) is 11.5 Å². The Balaban J connectivity index is 1.20. The third-order valence-corrected chi connectivity index (χ3v) is 6.10. The molecule has 4 heterocycles. The molecule has 0 radical (unpaired) electrons. The summed E-state index contributed by atoms with van der Waals surface area (Å²) in [6.45, 7) is 5.57. The van der Waals surface area contributed by atoms with Crippen LogP contribution in [0.1, 0.15) is 40.6 Å². The van der Waals surface area contributed by atoms with Crippen LogP contribution in [-0.2, 0) is 11.3 Å². The van der Waals surface area contributed by atoms with Gasteiger partial charge in [-0.25, -0.2) is 4.68 Å². The maximum Gasteiger partial charge on any atom is 0.256 e. The number of ether oxygens (including phenoxy) is 2. The predicted molar refractivity (Wildman–Crippen MR) is 119 cm³/mol. The molecule has 0 aliphatic carbocycles. The first-order valence-electron chi connectivity index (χ1n) is 11.0. The highest BCUT2D eigenvalue weighted by Gasteiger charge is 2.26. The molecule has 2 aliphatic heterocycles. The molecular formula is C23H26N6O4. The molecule has 2 aromatic heterocycles. The van der Waals surface area contributed by atoms with Gasteiger partial charge in [-0.2, -0.15) is 10.2 Å². The summed E-state index contributed by atoms with van der Waals surface area (Å²) >= 11 is 0. The van der Waals surface area contributed by atoms with Crippen LogP contribution in [0.25, 0.3) is 0 Å². The first-order valence-corrected chi connectivity index (χ1v) is 11.0. The number of likely N-dealkylation sites (tertiary alicyclic amines) is 1. The minimum absolute atomic E-state index is 0.0662. The maximum atomic E-state index is 12.8. The lowest BCUT2D eigenvalue weighted by Crippen LogP contribution is -2.41. The van der Waals surface area contributed by atoms with Gasteiger partial charge in [0.25, 0.3) is 5.91 Å². The van der Waals surface area contributed by atoms with Crippen LogP contribution in [-0.4, -0.2) is 56.2 Å². The second-order valence-corrected chi connectivity index (χ2v) is 8.38. The van der Waals surface area contributed by atoms with Gasteiger partial charge in [0, 0.05) is 30.4 Å². The van der Waals surface area contributed by atoms with Crippen molar-refractivity contribution in [3.8, 4) is 11.5 Å². The molecule has 0 unspecified atom stereocenters. The first-order chi connectivity index (χ1) is 16.0. The number of fused-ring (bicyclic) bond motifs is 1. The Hall–Kier alpha value is -3.82. The maximum absolute atomic E-state index is 12.8. The number of nitrogens with one attached hydrogen (secondary N) is 1. The van der Waals surface area contributed by atoms with E-state index >= 15 is 0 Å². The first kappa shape index (κ1) is 21.0. The number of carbonyl (C=O) groups excluding carboxylic acids is 2. The third-order valence-electron chi connectivity index (χ3n) is 6.10. The van der Waals surface area contributed by atoms with Gasteiger partial charge in [-0.05, 0) is 51.0 Å². The summed E-state index contributed by atoms with van der Waals surface area (Å²) in [6.07, 6.45) is 3.20. The fourth-order valence-electron chi connectivity index (χ4n) is 4.35. The van der Waals surface area contributed by atoms with Crippen molar-refractivity contribution in [2.24, 2.45) is 0 Å². The summed E-state index contributed by atoms with van der Waals surface area (Å²) in [5, 5.41) is 11.8. The fraction of sp³-hybridized carbons (Fsp3) is 0.391. The van der Waals surface area contributed by atoms with E-state index < -0.39 is 0 Å². The zero-order valence-electron chi connectivity index (χ0n) is 18.7. The van der Waals surface area contributed by atoms with Gasteiger partial charge in [0.2, 0.25) is 12.7 Å².